The lowest BCUT2D eigenvalue weighted by Crippen LogP contribution is -3.06. The Hall–Kier alpha value is -2.12. The van der Waals surface area contributed by atoms with Gasteiger partial charge in [0.2, 0.25) is 0 Å². The summed E-state index contributed by atoms with van der Waals surface area (Å²) < 4.78 is 10.3. The normalized spacial score (nSPS) is 11.0. The fourth-order valence-electron chi connectivity index (χ4n) is 1.74. The van der Waals surface area contributed by atoms with Crippen LogP contribution in [0.2, 0.25) is 0 Å². The number of carboxylic acid groups (broad SMARTS) is 1. The summed E-state index contributed by atoms with van der Waals surface area (Å²) in [7, 11) is 4.08. The van der Waals surface area contributed by atoms with Crippen LogP contribution in [0.4, 0.5) is 0 Å². The first-order valence-corrected chi connectivity index (χ1v) is 10.3. The maximum Gasteiger partial charge on any atom is 0.335 e. The highest BCUT2D eigenvalue weighted by molar-refractivity contribution is 5.87. The molecule has 0 aliphatic heterocycles. The average Bonchev–Trinajstić information content (AvgIpc) is 2.68. The molecule has 1 aromatic rings. The van der Waals surface area contributed by atoms with Crippen molar-refractivity contribution in [3.8, 4) is 5.75 Å². The van der Waals surface area contributed by atoms with Crippen LogP contribution in [0.1, 0.15) is 64.7 Å². The highest BCUT2D eigenvalue weighted by Crippen LogP contribution is 2.24. The molecule has 0 atom stereocenters. The van der Waals surface area contributed by atoms with E-state index in [1.54, 1.807) is 13.8 Å². The minimum atomic E-state index is -1.00. The third-order valence-corrected chi connectivity index (χ3v) is 5.02. The zero-order valence-corrected chi connectivity index (χ0v) is 20.8. The number of hydrogen-bond acceptors (Lipinski definition) is 5. The Morgan fingerprint density at radius 1 is 0.903 bits per heavy atom. The van der Waals surface area contributed by atoms with Gasteiger partial charge in [-0.25, -0.2) is 4.79 Å². The molecule has 1 aromatic carbocycles. The molecule has 31 heavy (non-hydrogen) atoms. The van der Waals surface area contributed by atoms with Gasteiger partial charge in [0.25, 0.3) is 0 Å². The van der Waals surface area contributed by atoms with Gasteiger partial charge in [-0.05, 0) is 64.8 Å². The lowest BCUT2D eigenvalue weighted by atomic mass is 9.91. The van der Waals surface area contributed by atoms with Crippen LogP contribution >= 0.6 is 0 Å². The molecule has 8 heteroatoms. The summed E-state index contributed by atoms with van der Waals surface area (Å²) in [6.45, 7) is 12.7. The molecule has 0 unspecified atom stereocenters. The van der Waals surface area contributed by atoms with Crippen LogP contribution in [0.25, 0.3) is 0 Å². The van der Waals surface area contributed by atoms with E-state index in [1.807, 2.05) is 41.8 Å². The number of benzene rings is 1. The van der Waals surface area contributed by atoms with Crippen LogP contribution in [0.5, 0.6) is 5.75 Å². The van der Waals surface area contributed by atoms with Crippen LogP contribution < -0.4 is 22.0 Å². The van der Waals surface area contributed by atoms with E-state index in [0.29, 0.717) is 18.8 Å². The van der Waals surface area contributed by atoms with E-state index in [4.69, 9.17) is 14.6 Å². The smallest absolute Gasteiger partial charge is 0.335 e. The quantitative estimate of drug-likeness (QED) is 0.393. The molecule has 0 aromatic heterocycles. The van der Waals surface area contributed by atoms with Crippen molar-refractivity contribution in [3.05, 3.63) is 29.8 Å². The van der Waals surface area contributed by atoms with Gasteiger partial charge in [0, 0.05) is 0 Å². The van der Waals surface area contributed by atoms with E-state index in [2.05, 4.69) is 0 Å². The van der Waals surface area contributed by atoms with Gasteiger partial charge in [-0.2, -0.15) is 0 Å². The lowest BCUT2D eigenvalue weighted by molar-refractivity contribution is -0.858. The largest absolute Gasteiger partial charge is 1.00 e. The predicted molar refractivity (Wildman–Crippen MR) is 116 cm³/mol. The van der Waals surface area contributed by atoms with Gasteiger partial charge in [0.05, 0.1) is 30.5 Å². The standard InChI is InChI=1S/C13H16O4.C10H21NO2.ClH/c1-4-13(2,3)12(16)17-10-7-5-9(6-8-10)11(14)15;1-6-10(2,3)9(12)13-8-7-11(4)5;/h5-8H,4H2,1-3H3,(H,14,15);6-8H2,1-5H3;1H. The molecule has 7 nitrogen and oxygen atoms in total. The Morgan fingerprint density at radius 2 is 1.35 bits per heavy atom. The molecule has 0 fully saturated rings. The highest BCUT2D eigenvalue weighted by atomic mass is 35.5. The number of nitrogens with one attached hydrogen (secondary N) is 1. The van der Waals surface area contributed by atoms with Crippen molar-refractivity contribution < 1.29 is 46.3 Å². The van der Waals surface area contributed by atoms with Crippen molar-refractivity contribution in [1.82, 2.24) is 0 Å². The SMILES string of the molecule is CCC(C)(C)C(=O)OCC[NH+](C)C.CCC(C)(C)C(=O)Oc1ccc(C(=O)O)cc1.[Cl-]. The van der Waals surface area contributed by atoms with Crippen LogP contribution in [-0.2, 0) is 14.3 Å². The first-order chi connectivity index (χ1) is 13.8. The maximum atomic E-state index is 11.7. The molecule has 0 spiro atoms. The number of likely N-dealkylation sites (N-methyl/N-ethyl adjacent to an activating group) is 1. The zero-order valence-electron chi connectivity index (χ0n) is 20.0. The van der Waals surface area contributed by atoms with Gasteiger partial charge in [0.15, 0.2) is 0 Å². The first-order valence-electron chi connectivity index (χ1n) is 10.3. The Morgan fingerprint density at radius 3 is 1.74 bits per heavy atom. The van der Waals surface area contributed by atoms with Gasteiger partial charge in [-0.15, -0.1) is 0 Å². The number of ether oxygens (including phenoxy) is 2. The number of carboxylic acids is 1. The van der Waals surface area contributed by atoms with E-state index >= 15 is 0 Å². The van der Waals surface area contributed by atoms with Crippen molar-refractivity contribution in [1.29, 1.82) is 0 Å². The van der Waals surface area contributed by atoms with Gasteiger partial charge in [0.1, 0.15) is 18.9 Å². The second kappa shape index (κ2) is 14.0. The van der Waals surface area contributed by atoms with E-state index in [0.717, 1.165) is 13.0 Å². The van der Waals surface area contributed by atoms with E-state index in [9.17, 15) is 14.4 Å². The number of halogens is 1. The fourth-order valence-corrected chi connectivity index (χ4v) is 1.74. The molecule has 1 rings (SSSR count). The van der Waals surface area contributed by atoms with Crippen molar-refractivity contribution in [2.24, 2.45) is 10.8 Å². The topological polar surface area (TPSA) is 94.3 Å². The monoisotopic (exact) mass is 459 g/mol. The number of quaternary nitrogens is 1. The van der Waals surface area contributed by atoms with Crippen LogP contribution in [0, 0.1) is 10.8 Å². The maximum absolute atomic E-state index is 11.7. The minimum absolute atomic E-state index is 0. The number of rotatable bonds is 9. The number of hydrogen-bond donors (Lipinski definition) is 2. The molecule has 0 heterocycles. The molecule has 0 amide bonds. The van der Waals surface area contributed by atoms with Crippen LogP contribution in [0.3, 0.4) is 0 Å². The third kappa shape index (κ3) is 11.7. The Bertz CT molecular complexity index is 699. The van der Waals surface area contributed by atoms with Crippen molar-refractivity contribution in [2.75, 3.05) is 27.2 Å². The summed E-state index contributed by atoms with van der Waals surface area (Å²) in [5.74, 6) is -1.04. The molecule has 0 saturated heterocycles. The molecule has 0 aliphatic rings. The summed E-state index contributed by atoms with van der Waals surface area (Å²) in [6, 6.07) is 5.77. The molecule has 0 aliphatic carbocycles. The average molecular weight is 460 g/mol. The molecular formula is C23H38ClNO6. The summed E-state index contributed by atoms with van der Waals surface area (Å²) in [5.41, 5.74) is -0.702. The number of esters is 2. The van der Waals surface area contributed by atoms with Gasteiger partial charge < -0.3 is 31.9 Å². The molecule has 178 valence electrons. The summed E-state index contributed by atoms with van der Waals surface area (Å²) in [6.07, 6.45) is 1.50. The first kappa shape index (κ1) is 31.1. The van der Waals surface area contributed by atoms with Crippen molar-refractivity contribution in [2.45, 2.75) is 54.4 Å². The number of aromatic carboxylic acids is 1. The van der Waals surface area contributed by atoms with E-state index in [1.165, 1.54) is 29.2 Å². The van der Waals surface area contributed by atoms with E-state index < -0.39 is 11.4 Å². The molecule has 0 saturated carbocycles. The fraction of sp³-hybridized carbons (Fsp3) is 0.609. The second-order valence-electron chi connectivity index (χ2n) is 8.79. The van der Waals surface area contributed by atoms with E-state index in [-0.39, 0.29) is 35.3 Å². The Kier molecular flexibility index (Phi) is 14.1. The molecular weight excluding hydrogens is 422 g/mol. The lowest BCUT2D eigenvalue weighted by Gasteiger charge is -2.20. The second-order valence-corrected chi connectivity index (χ2v) is 8.79. The number of carbonyl (C=O) groups excluding carboxylic acids is 2. The Labute approximate surface area is 192 Å². The summed E-state index contributed by atoms with van der Waals surface area (Å²) in [4.78, 5) is 35.1. The van der Waals surface area contributed by atoms with Gasteiger partial charge in [-0.3, -0.25) is 9.59 Å². The summed E-state index contributed by atoms with van der Waals surface area (Å²) >= 11 is 0. The molecule has 0 bridgehead atoms. The molecule has 2 N–H and O–H groups in total. The highest BCUT2D eigenvalue weighted by Gasteiger charge is 2.28. The Balaban J connectivity index is 0. The zero-order chi connectivity index (χ0) is 23.5. The predicted octanol–water partition coefficient (Wildman–Crippen LogP) is -0.159. The third-order valence-electron chi connectivity index (χ3n) is 5.02. The van der Waals surface area contributed by atoms with Gasteiger partial charge >= 0.3 is 17.9 Å². The minimum Gasteiger partial charge on any atom is -1.00 e. The van der Waals surface area contributed by atoms with Crippen molar-refractivity contribution in [3.63, 3.8) is 0 Å². The summed E-state index contributed by atoms with van der Waals surface area (Å²) in [5, 5.41) is 8.72. The number of carbonyl (C=O) groups is 3. The van der Waals surface area contributed by atoms with Crippen LogP contribution in [-0.4, -0.2) is 50.3 Å². The van der Waals surface area contributed by atoms with Crippen LogP contribution in [0.15, 0.2) is 24.3 Å². The van der Waals surface area contributed by atoms with Gasteiger partial charge in [-0.1, -0.05) is 13.8 Å². The molecule has 0 radical (unpaired) electrons. The van der Waals surface area contributed by atoms with Crippen molar-refractivity contribution >= 4 is 17.9 Å².